The van der Waals surface area contributed by atoms with Crippen molar-refractivity contribution in [3.8, 4) is 5.82 Å². The molecule has 28 heavy (non-hydrogen) atoms. The summed E-state index contributed by atoms with van der Waals surface area (Å²) in [6, 6.07) is 5.83. The van der Waals surface area contributed by atoms with E-state index < -0.39 is 21.7 Å². The quantitative estimate of drug-likeness (QED) is 0.652. The fourth-order valence-corrected chi connectivity index (χ4v) is 4.49. The van der Waals surface area contributed by atoms with Gasteiger partial charge >= 0.3 is 0 Å². The molecular weight excluding hydrogens is 390 g/mol. The molecular formula is C17H16F2N6O2S. The Hall–Kier alpha value is -2.92. The predicted molar refractivity (Wildman–Crippen MR) is 96.5 cm³/mol. The van der Waals surface area contributed by atoms with Crippen molar-refractivity contribution in [1.82, 2.24) is 24.1 Å². The first-order valence-electron chi connectivity index (χ1n) is 8.47. The highest BCUT2D eigenvalue weighted by atomic mass is 32.2. The molecule has 0 amide bonds. The van der Waals surface area contributed by atoms with Crippen molar-refractivity contribution in [3.63, 3.8) is 0 Å². The van der Waals surface area contributed by atoms with Crippen molar-refractivity contribution in [2.75, 3.05) is 31.1 Å². The number of halogens is 2. The monoisotopic (exact) mass is 406 g/mol. The summed E-state index contributed by atoms with van der Waals surface area (Å²) in [5.41, 5.74) is 0. The van der Waals surface area contributed by atoms with E-state index in [4.69, 9.17) is 0 Å². The van der Waals surface area contributed by atoms with Crippen LogP contribution in [0.3, 0.4) is 0 Å². The van der Waals surface area contributed by atoms with E-state index in [9.17, 15) is 17.2 Å². The summed E-state index contributed by atoms with van der Waals surface area (Å²) in [5, 5.41) is 4.12. The van der Waals surface area contributed by atoms with Gasteiger partial charge < -0.3 is 4.90 Å². The molecule has 0 bridgehead atoms. The van der Waals surface area contributed by atoms with Gasteiger partial charge in [-0.1, -0.05) is 0 Å². The van der Waals surface area contributed by atoms with Crippen LogP contribution in [0.15, 0.2) is 53.9 Å². The highest BCUT2D eigenvalue weighted by molar-refractivity contribution is 7.89. The van der Waals surface area contributed by atoms with Crippen molar-refractivity contribution in [2.24, 2.45) is 0 Å². The maximum absolute atomic E-state index is 13.4. The van der Waals surface area contributed by atoms with Crippen LogP contribution in [0.1, 0.15) is 0 Å². The number of nitrogens with zero attached hydrogens (tertiary/aromatic N) is 6. The zero-order valence-corrected chi connectivity index (χ0v) is 15.4. The standard InChI is InChI=1S/C17H16F2N6O2S/c18-13-8-14(19)10-15(9-13)28(26,27)24-6-4-23(5-7-24)16-11-17(21-12-20-16)25-3-1-2-22-25/h1-3,8-12H,4-7H2. The summed E-state index contributed by atoms with van der Waals surface area (Å²) >= 11 is 0. The van der Waals surface area contributed by atoms with Gasteiger partial charge in [0.1, 0.15) is 23.8 Å². The van der Waals surface area contributed by atoms with Gasteiger partial charge in [0, 0.05) is 50.7 Å². The van der Waals surface area contributed by atoms with Gasteiger partial charge in [-0.25, -0.2) is 31.8 Å². The smallest absolute Gasteiger partial charge is 0.243 e. The molecule has 0 spiro atoms. The number of sulfonamides is 1. The Morgan fingerprint density at radius 3 is 2.21 bits per heavy atom. The van der Waals surface area contributed by atoms with E-state index >= 15 is 0 Å². The van der Waals surface area contributed by atoms with Crippen molar-refractivity contribution >= 4 is 15.8 Å². The van der Waals surface area contributed by atoms with E-state index in [-0.39, 0.29) is 18.0 Å². The van der Waals surface area contributed by atoms with Crippen LogP contribution < -0.4 is 4.90 Å². The SMILES string of the molecule is O=S(=O)(c1cc(F)cc(F)c1)N1CCN(c2cc(-n3cccn3)ncn2)CC1. The summed E-state index contributed by atoms with van der Waals surface area (Å²) < 4.78 is 55.0. The van der Waals surface area contributed by atoms with Gasteiger partial charge in [-0.15, -0.1) is 0 Å². The third-order valence-electron chi connectivity index (χ3n) is 4.41. The minimum atomic E-state index is -3.98. The normalized spacial score (nSPS) is 15.7. The Kier molecular flexibility index (Phi) is 4.77. The van der Waals surface area contributed by atoms with Gasteiger partial charge in [0.15, 0.2) is 5.82 Å². The van der Waals surface area contributed by atoms with Gasteiger partial charge in [0.2, 0.25) is 10.0 Å². The molecule has 2 aromatic heterocycles. The van der Waals surface area contributed by atoms with Crippen LogP contribution in [0.25, 0.3) is 5.82 Å². The fourth-order valence-electron chi connectivity index (χ4n) is 3.02. The largest absolute Gasteiger partial charge is 0.354 e. The number of anilines is 1. The van der Waals surface area contributed by atoms with Crippen LogP contribution in [-0.4, -0.2) is 58.7 Å². The maximum atomic E-state index is 13.4. The van der Waals surface area contributed by atoms with Crippen LogP contribution in [0.5, 0.6) is 0 Å². The van der Waals surface area contributed by atoms with E-state index in [2.05, 4.69) is 15.1 Å². The summed E-state index contributed by atoms with van der Waals surface area (Å²) in [6.45, 7) is 1.10. The first-order valence-corrected chi connectivity index (χ1v) is 9.91. The third-order valence-corrected chi connectivity index (χ3v) is 6.29. The van der Waals surface area contributed by atoms with Crippen LogP contribution in [0.4, 0.5) is 14.6 Å². The summed E-state index contributed by atoms with van der Waals surface area (Å²) in [5.74, 6) is -0.608. The first kappa shape index (κ1) is 18.4. The van der Waals surface area contributed by atoms with Crippen molar-refractivity contribution in [1.29, 1.82) is 0 Å². The van der Waals surface area contributed by atoms with Gasteiger partial charge in [-0.3, -0.25) is 0 Å². The minimum absolute atomic E-state index is 0.168. The van der Waals surface area contributed by atoms with E-state index in [0.29, 0.717) is 30.8 Å². The molecule has 0 radical (unpaired) electrons. The molecule has 1 aliphatic rings. The second-order valence-corrected chi connectivity index (χ2v) is 8.12. The molecule has 0 aliphatic carbocycles. The molecule has 0 saturated carbocycles. The highest BCUT2D eigenvalue weighted by Crippen LogP contribution is 2.22. The fraction of sp³-hybridized carbons (Fsp3) is 0.235. The van der Waals surface area contributed by atoms with E-state index in [0.717, 1.165) is 12.1 Å². The summed E-state index contributed by atoms with van der Waals surface area (Å²) in [6.07, 6.45) is 4.82. The molecule has 4 rings (SSSR count). The lowest BCUT2D eigenvalue weighted by Gasteiger charge is -2.34. The number of rotatable bonds is 4. The lowest BCUT2D eigenvalue weighted by molar-refractivity contribution is 0.383. The van der Waals surface area contributed by atoms with Crippen LogP contribution in [0, 0.1) is 11.6 Å². The number of hydrogen-bond donors (Lipinski definition) is 0. The van der Waals surface area contributed by atoms with E-state index in [1.54, 1.807) is 29.2 Å². The lowest BCUT2D eigenvalue weighted by atomic mass is 10.3. The predicted octanol–water partition coefficient (Wildman–Crippen LogP) is 1.45. The second kappa shape index (κ2) is 7.24. The van der Waals surface area contributed by atoms with Gasteiger partial charge in [-0.2, -0.15) is 9.40 Å². The maximum Gasteiger partial charge on any atom is 0.243 e. The second-order valence-electron chi connectivity index (χ2n) is 6.18. The average molecular weight is 406 g/mol. The zero-order valence-electron chi connectivity index (χ0n) is 14.6. The van der Waals surface area contributed by atoms with Gasteiger partial charge in [0.05, 0.1) is 4.90 Å². The molecule has 146 valence electrons. The Labute approximate surface area is 160 Å². The van der Waals surface area contributed by atoms with Crippen LogP contribution in [-0.2, 0) is 10.0 Å². The van der Waals surface area contributed by atoms with Crippen molar-refractivity contribution in [3.05, 3.63) is 60.7 Å². The Bertz CT molecular complexity index is 1060. The molecule has 1 aromatic carbocycles. The molecule has 3 aromatic rings. The minimum Gasteiger partial charge on any atom is -0.354 e. The average Bonchev–Trinajstić information content (AvgIpc) is 3.22. The van der Waals surface area contributed by atoms with E-state index in [1.807, 2.05) is 4.90 Å². The number of benzene rings is 1. The Morgan fingerprint density at radius 1 is 0.893 bits per heavy atom. The molecule has 0 atom stereocenters. The number of hydrogen-bond acceptors (Lipinski definition) is 6. The summed E-state index contributed by atoms with van der Waals surface area (Å²) in [7, 11) is -3.98. The van der Waals surface area contributed by atoms with Gasteiger partial charge in [-0.05, 0) is 18.2 Å². The molecule has 1 fully saturated rings. The highest BCUT2D eigenvalue weighted by Gasteiger charge is 2.29. The summed E-state index contributed by atoms with van der Waals surface area (Å²) in [4.78, 5) is 9.96. The van der Waals surface area contributed by atoms with Crippen LogP contribution >= 0.6 is 0 Å². The molecule has 3 heterocycles. The molecule has 1 aliphatic heterocycles. The lowest BCUT2D eigenvalue weighted by Crippen LogP contribution is -2.49. The molecule has 8 nitrogen and oxygen atoms in total. The molecule has 0 unspecified atom stereocenters. The number of aromatic nitrogens is 4. The zero-order chi connectivity index (χ0) is 19.7. The van der Waals surface area contributed by atoms with Crippen molar-refractivity contribution in [2.45, 2.75) is 4.90 Å². The first-order chi connectivity index (χ1) is 13.4. The Morgan fingerprint density at radius 2 is 1.57 bits per heavy atom. The third kappa shape index (κ3) is 3.58. The van der Waals surface area contributed by atoms with E-state index in [1.165, 1.54) is 10.6 Å². The molecule has 0 N–H and O–H groups in total. The number of piperazine rings is 1. The van der Waals surface area contributed by atoms with Crippen LogP contribution in [0.2, 0.25) is 0 Å². The van der Waals surface area contributed by atoms with Crippen molar-refractivity contribution < 1.29 is 17.2 Å². The molecule has 1 saturated heterocycles. The molecule has 11 heteroatoms. The Balaban J connectivity index is 1.50. The topological polar surface area (TPSA) is 84.2 Å². The van der Waals surface area contributed by atoms with Gasteiger partial charge in [0.25, 0.3) is 0 Å².